The summed E-state index contributed by atoms with van der Waals surface area (Å²) >= 11 is 0. The molecular formula is C11H24IN3O2. The normalized spacial score (nSPS) is 10.6. The molecule has 0 atom stereocenters. The summed E-state index contributed by atoms with van der Waals surface area (Å²) in [4.78, 5) is 14.9. The molecule has 0 aliphatic heterocycles. The predicted molar refractivity (Wildman–Crippen MR) is 80.7 cm³/mol. The third kappa shape index (κ3) is 13.4. The van der Waals surface area contributed by atoms with E-state index in [0.717, 1.165) is 13.0 Å². The first-order valence-electron chi connectivity index (χ1n) is 5.81. The summed E-state index contributed by atoms with van der Waals surface area (Å²) in [5, 5.41) is 2.87. The standard InChI is InChI=1S/C11H23N3O2.HI/c1-3-4-5-6-8-13-11(12)14-9-7-10(15)16-2;/h3-9H2,1-2H3,(H3,12,13,14);1H. The second kappa shape index (κ2) is 13.5. The van der Waals surface area contributed by atoms with Crippen molar-refractivity contribution in [2.24, 2.45) is 10.7 Å². The van der Waals surface area contributed by atoms with Crippen LogP contribution in [0.5, 0.6) is 0 Å². The van der Waals surface area contributed by atoms with E-state index in [1.54, 1.807) is 0 Å². The zero-order chi connectivity index (χ0) is 12.2. The average molecular weight is 357 g/mol. The van der Waals surface area contributed by atoms with Crippen molar-refractivity contribution in [3.8, 4) is 0 Å². The number of carbonyl (C=O) groups excluding carboxylic acids is 1. The number of guanidine groups is 1. The lowest BCUT2D eigenvalue weighted by Gasteiger charge is -2.04. The van der Waals surface area contributed by atoms with E-state index >= 15 is 0 Å². The monoisotopic (exact) mass is 357 g/mol. The van der Waals surface area contributed by atoms with Gasteiger partial charge in [-0.1, -0.05) is 26.2 Å². The Labute approximate surface area is 121 Å². The fourth-order valence-electron chi connectivity index (χ4n) is 1.19. The Morgan fingerprint density at radius 1 is 1.35 bits per heavy atom. The summed E-state index contributed by atoms with van der Waals surface area (Å²) in [6.07, 6.45) is 5.02. The van der Waals surface area contributed by atoms with Crippen LogP contribution in [-0.4, -0.2) is 32.1 Å². The number of methoxy groups -OCH3 is 1. The first-order valence-corrected chi connectivity index (χ1v) is 5.81. The van der Waals surface area contributed by atoms with Crippen molar-refractivity contribution in [2.75, 3.05) is 20.2 Å². The van der Waals surface area contributed by atoms with Gasteiger partial charge in [0, 0.05) is 13.1 Å². The highest BCUT2D eigenvalue weighted by atomic mass is 127. The van der Waals surface area contributed by atoms with Crippen LogP contribution in [0.4, 0.5) is 0 Å². The van der Waals surface area contributed by atoms with Crippen LogP contribution < -0.4 is 11.1 Å². The molecule has 3 N–H and O–H groups in total. The van der Waals surface area contributed by atoms with Crippen LogP contribution in [0, 0.1) is 0 Å². The van der Waals surface area contributed by atoms with Gasteiger partial charge in [0.1, 0.15) is 0 Å². The topological polar surface area (TPSA) is 76.7 Å². The molecular weight excluding hydrogens is 333 g/mol. The van der Waals surface area contributed by atoms with E-state index < -0.39 is 0 Å². The van der Waals surface area contributed by atoms with E-state index in [0.29, 0.717) is 18.9 Å². The summed E-state index contributed by atoms with van der Waals surface area (Å²) in [6, 6.07) is 0. The molecule has 0 amide bonds. The molecule has 0 aromatic carbocycles. The molecule has 0 aromatic rings. The lowest BCUT2D eigenvalue weighted by atomic mass is 10.2. The van der Waals surface area contributed by atoms with E-state index in [2.05, 4.69) is 22.0 Å². The van der Waals surface area contributed by atoms with Crippen LogP contribution in [0.1, 0.15) is 39.0 Å². The number of nitrogens with one attached hydrogen (secondary N) is 1. The van der Waals surface area contributed by atoms with Gasteiger partial charge in [0.25, 0.3) is 0 Å². The molecule has 17 heavy (non-hydrogen) atoms. The summed E-state index contributed by atoms with van der Waals surface area (Å²) in [5.41, 5.74) is 5.60. The van der Waals surface area contributed by atoms with Gasteiger partial charge in [0.15, 0.2) is 5.96 Å². The molecule has 0 radical (unpaired) electrons. The first kappa shape index (κ1) is 18.8. The van der Waals surface area contributed by atoms with Gasteiger partial charge >= 0.3 is 5.97 Å². The maximum Gasteiger partial charge on any atom is 0.307 e. The SMILES string of the molecule is CCCCCCN=C(N)NCCC(=O)OC.I. The Balaban J connectivity index is 0. The fourth-order valence-corrected chi connectivity index (χ4v) is 1.19. The van der Waals surface area contributed by atoms with Gasteiger partial charge in [0.2, 0.25) is 0 Å². The second-order valence-electron chi connectivity index (χ2n) is 3.58. The van der Waals surface area contributed by atoms with Crippen LogP contribution in [0.15, 0.2) is 4.99 Å². The number of unbranched alkanes of at least 4 members (excludes halogenated alkanes) is 3. The Morgan fingerprint density at radius 3 is 2.65 bits per heavy atom. The molecule has 0 rings (SSSR count). The highest BCUT2D eigenvalue weighted by Crippen LogP contribution is 1.98. The van der Waals surface area contributed by atoms with E-state index in [9.17, 15) is 4.79 Å². The molecule has 6 heteroatoms. The molecule has 0 saturated carbocycles. The van der Waals surface area contributed by atoms with E-state index in [1.807, 2.05) is 0 Å². The number of nitrogens with zero attached hydrogens (tertiary/aromatic N) is 1. The lowest BCUT2D eigenvalue weighted by Crippen LogP contribution is -2.33. The molecule has 0 fully saturated rings. The molecule has 0 aliphatic rings. The zero-order valence-electron chi connectivity index (χ0n) is 10.7. The Hall–Kier alpha value is -0.530. The summed E-state index contributed by atoms with van der Waals surface area (Å²) in [5.74, 6) is 0.156. The molecule has 0 bridgehead atoms. The van der Waals surface area contributed by atoms with Crippen molar-refractivity contribution in [2.45, 2.75) is 39.0 Å². The fraction of sp³-hybridized carbons (Fsp3) is 0.818. The van der Waals surface area contributed by atoms with Crippen molar-refractivity contribution >= 4 is 35.9 Å². The summed E-state index contributed by atoms with van der Waals surface area (Å²) < 4.78 is 4.50. The highest BCUT2D eigenvalue weighted by Gasteiger charge is 1.99. The molecule has 0 aliphatic carbocycles. The van der Waals surface area contributed by atoms with Gasteiger partial charge in [-0.2, -0.15) is 0 Å². The van der Waals surface area contributed by atoms with E-state index in [1.165, 1.54) is 26.4 Å². The van der Waals surface area contributed by atoms with Crippen LogP contribution in [-0.2, 0) is 9.53 Å². The number of nitrogens with two attached hydrogens (primary N) is 1. The maximum atomic E-state index is 10.8. The van der Waals surface area contributed by atoms with Gasteiger partial charge in [-0.3, -0.25) is 9.79 Å². The Morgan fingerprint density at radius 2 is 2.06 bits per heavy atom. The van der Waals surface area contributed by atoms with Gasteiger partial charge in [-0.15, -0.1) is 24.0 Å². The predicted octanol–water partition coefficient (Wildman–Crippen LogP) is 1.65. The molecule has 5 nitrogen and oxygen atoms in total. The summed E-state index contributed by atoms with van der Waals surface area (Å²) in [7, 11) is 1.37. The van der Waals surface area contributed by atoms with Gasteiger partial charge in [-0.25, -0.2) is 0 Å². The highest BCUT2D eigenvalue weighted by molar-refractivity contribution is 14.0. The van der Waals surface area contributed by atoms with Crippen LogP contribution in [0.3, 0.4) is 0 Å². The smallest absolute Gasteiger partial charge is 0.307 e. The molecule has 102 valence electrons. The Bertz CT molecular complexity index is 223. The molecule has 0 aromatic heterocycles. The lowest BCUT2D eigenvalue weighted by molar-refractivity contribution is -0.140. The number of halogens is 1. The number of aliphatic imine (C=N–C) groups is 1. The first-order chi connectivity index (χ1) is 7.70. The number of esters is 1. The van der Waals surface area contributed by atoms with Crippen molar-refractivity contribution in [3.63, 3.8) is 0 Å². The minimum Gasteiger partial charge on any atom is -0.469 e. The number of carbonyl (C=O) groups is 1. The van der Waals surface area contributed by atoms with Gasteiger partial charge in [0.05, 0.1) is 13.5 Å². The van der Waals surface area contributed by atoms with Crippen molar-refractivity contribution < 1.29 is 9.53 Å². The number of hydrogen-bond donors (Lipinski definition) is 2. The van der Waals surface area contributed by atoms with E-state index in [-0.39, 0.29) is 29.9 Å². The molecule has 0 spiro atoms. The maximum absolute atomic E-state index is 10.8. The minimum atomic E-state index is -0.247. The quantitative estimate of drug-likeness (QED) is 0.228. The van der Waals surface area contributed by atoms with Crippen molar-refractivity contribution in [1.29, 1.82) is 0 Å². The van der Waals surface area contributed by atoms with Crippen LogP contribution >= 0.6 is 24.0 Å². The largest absolute Gasteiger partial charge is 0.469 e. The summed E-state index contributed by atoms with van der Waals surface area (Å²) in [6.45, 7) is 3.39. The second-order valence-corrected chi connectivity index (χ2v) is 3.58. The Kier molecular flexibility index (Phi) is 15.0. The average Bonchev–Trinajstić information content (AvgIpc) is 2.28. The molecule has 0 unspecified atom stereocenters. The van der Waals surface area contributed by atoms with Crippen LogP contribution in [0.25, 0.3) is 0 Å². The third-order valence-corrected chi connectivity index (χ3v) is 2.16. The van der Waals surface area contributed by atoms with Crippen molar-refractivity contribution in [3.05, 3.63) is 0 Å². The van der Waals surface area contributed by atoms with Gasteiger partial charge in [-0.05, 0) is 6.42 Å². The molecule has 0 heterocycles. The third-order valence-electron chi connectivity index (χ3n) is 2.16. The minimum absolute atomic E-state index is 0. The number of rotatable bonds is 8. The molecule has 0 saturated heterocycles. The zero-order valence-corrected chi connectivity index (χ0v) is 13.0. The number of ether oxygens (including phenoxy) is 1. The van der Waals surface area contributed by atoms with Crippen molar-refractivity contribution in [1.82, 2.24) is 5.32 Å². The number of hydrogen-bond acceptors (Lipinski definition) is 3. The van der Waals surface area contributed by atoms with E-state index in [4.69, 9.17) is 5.73 Å². The van der Waals surface area contributed by atoms with Gasteiger partial charge < -0.3 is 15.8 Å². The van der Waals surface area contributed by atoms with Crippen LogP contribution in [0.2, 0.25) is 0 Å².